The van der Waals surface area contributed by atoms with Gasteiger partial charge in [-0.1, -0.05) is 0 Å². The van der Waals surface area contributed by atoms with Crippen LogP contribution in [0.3, 0.4) is 0 Å². The summed E-state index contributed by atoms with van der Waals surface area (Å²) in [5.41, 5.74) is 0. The average Bonchev–Trinajstić information content (AvgIpc) is 2.81. The third kappa shape index (κ3) is 5.71. The molecule has 0 aliphatic heterocycles. The molecule has 0 saturated carbocycles. The van der Waals surface area contributed by atoms with E-state index in [1.54, 1.807) is 26.2 Å². The summed E-state index contributed by atoms with van der Waals surface area (Å²) in [7, 11) is 1.61. The van der Waals surface area contributed by atoms with Crippen LogP contribution in [0.25, 0.3) is 0 Å². The molecule has 5 nitrogen and oxygen atoms in total. The van der Waals surface area contributed by atoms with Crippen LogP contribution < -0.4 is 10.6 Å². The summed E-state index contributed by atoms with van der Waals surface area (Å²) in [5.74, 6) is -0.435. The molecular formula is C12H17BrN2O3S. The van der Waals surface area contributed by atoms with E-state index >= 15 is 0 Å². The Hall–Kier alpha value is -0.920. The van der Waals surface area contributed by atoms with Crippen molar-refractivity contribution in [1.29, 1.82) is 0 Å². The molecule has 1 unspecified atom stereocenters. The molecule has 0 radical (unpaired) electrons. The van der Waals surface area contributed by atoms with Crippen molar-refractivity contribution in [2.75, 3.05) is 20.3 Å². The topological polar surface area (TPSA) is 67.4 Å². The normalized spacial score (nSPS) is 11.9. The van der Waals surface area contributed by atoms with Crippen LogP contribution in [0.15, 0.2) is 15.9 Å². The Balaban J connectivity index is 2.35. The minimum atomic E-state index is -0.559. The van der Waals surface area contributed by atoms with Gasteiger partial charge in [0.15, 0.2) is 0 Å². The number of thiophene rings is 1. The third-order valence-electron chi connectivity index (χ3n) is 2.36. The van der Waals surface area contributed by atoms with E-state index in [1.807, 2.05) is 0 Å². The summed E-state index contributed by atoms with van der Waals surface area (Å²) in [6, 6.07) is 2.96. The van der Waals surface area contributed by atoms with Crippen LogP contribution in [0.2, 0.25) is 0 Å². The Morgan fingerprint density at radius 1 is 1.47 bits per heavy atom. The van der Waals surface area contributed by atoms with Gasteiger partial charge in [0.05, 0.1) is 8.66 Å². The molecule has 2 amide bonds. The fourth-order valence-electron chi connectivity index (χ4n) is 1.35. The highest BCUT2D eigenvalue weighted by Crippen LogP contribution is 2.21. The molecule has 1 heterocycles. The Labute approximate surface area is 124 Å². The zero-order chi connectivity index (χ0) is 14.3. The van der Waals surface area contributed by atoms with Crippen LogP contribution in [0.5, 0.6) is 0 Å². The number of halogens is 1. The van der Waals surface area contributed by atoms with Gasteiger partial charge in [-0.2, -0.15) is 0 Å². The maximum Gasteiger partial charge on any atom is 0.262 e. The summed E-state index contributed by atoms with van der Waals surface area (Å²) in [6.07, 6.45) is 0.751. The summed E-state index contributed by atoms with van der Waals surface area (Å²) < 4.78 is 5.77. The van der Waals surface area contributed by atoms with Crippen molar-refractivity contribution in [2.45, 2.75) is 19.4 Å². The van der Waals surface area contributed by atoms with Crippen molar-refractivity contribution in [2.24, 2.45) is 0 Å². The van der Waals surface area contributed by atoms with Gasteiger partial charge >= 0.3 is 0 Å². The molecule has 1 rings (SSSR count). The summed E-state index contributed by atoms with van der Waals surface area (Å²) >= 11 is 4.62. The van der Waals surface area contributed by atoms with Crippen molar-refractivity contribution < 1.29 is 14.3 Å². The van der Waals surface area contributed by atoms with Crippen molar-refractivity contribution in [1.82, 2.24) is 10.6 Å². The molecule has 1 aromatic heterocycles. The number of nitrogens with one attached hydrogen (secondary N) is 2. The third-order valence-corrected chi connectivity index (χ3v) is 3.98. The fourth-order valence-corrected chi connectivity index (χ4v) is 2.64. The van der Waals surface area contributed by atoms with Gasteiger partial charge < -0.3 is 15.4 Å². The van der Waals surface area contributed by atoms with E-state index in [0.29, 0.717) is 18.0 Å². The first-order chi connectivity index (χ1) is 9.04. The number of methoxy groups -OCH3 is 1. The number of carbonyl (C=O) groups is 2. The van der Waals surface area contributed by atoms with Crippen molar-refractivity contribution in [3.05, 3.63) is 20.8 Å². The first-order valence-corrected chi connectivity index (χ1v) is 7.48. The van der Waals surface area contributed by atoms with Gasteiger partial charge in [-0.05, 0) is 41.4 Å². The van der Waals surface area contributed by atoms with Gasteiger partial charge in [-0.3, -0.25) is 9.59 Å². The second-order valence-electron chi connectivity index (χ2n) is 3.94. The number of carbonyl (C=O) groups excluding carboxylic acids is 2. The Bertz CT molecular complexity index is 436. The molecule has 0 spiro atoms. The molecule has 0 saturated heterocycles. The van der Waals surface area contributed by atoms with Crippen LogP contribution in [-0.2, 0) is 9.53 Å². The minimum absolute atomic E-state index is 0.194. The van der Waals surface area contributed by atoms with Gasteiger partial charge in [0.2, 0.25) is 5.91 Å². The zero-order valence-electron chi connectivity index (χ0n) is 10.9. The predicted molar refractivity (Wildman–Crippen MR) is 78.4 cm³/mol. The Kier molecular flexibility index (Phi) is 7.04. The molecule has 2 N–H and O–H groups in total. The van der Waals surface area contributed by atoms with Gasteiger partial charge in [0, 0.05) is 20.3 Å². The van der Waals surface area contributed by atoms with Gasteiger partial charge in [-0.15, -0.1) is 11.3 Å². The lowest BCUT2D eigenvalue weighted by atomic mass is 10.3. The fraction of sp³-hybridized carbons (Fsp3) is 0.500. The standard InChI is InChI=1S/C12H17BrN2O3S/c1-8(11(16)14-6-3-7-18-2)15-12(17)9-4-5-10(13)19-9/h4-5,8H,3,6-7H2,1-2H3,(H,14,16)(H,15,17). The predicted octanol–water partition coefficient (Wildman–Crippen LogP) is 1.78. The molecule has 0 aliphatic carbocycles. The first kappa shape index (κ1) is 16.1. The van der Waals surface area contributed by atoms with Crippen molar-refractivity contribution >= 4 is 39.1 Å². The summed E-state index contributed by atoms with van der Waals surface area (Å²) in [5, 5.41) is 5.40. The Morgan fingerprint density at radius 3 is 2.79 bits per heavy atom. The molecule has 1 aromatic rings. The second-order valence-corrected chi connectivity index (χ2v) is 6.40. The molecule has 1 atom stereocenters. The zero-order valence-corrected chi connectivity index (χ0v) is 13.3. The van der Waals surface area contributed by atoms with E-state index in [2.05, 4.69) is 26.6 Å². The lowest BCUT2D eigenvalue weighted by Crippen LogP contribution is -2.45. The molecule has 19 heavy (non-hydrogen) atoms. The maximum atomic E-state index is 11.8. The van der Waals surface area contributed by atoms with Crippen LogP contribution >= 0.6 is 27.3 Å². The highest BCUT2D eigenvalue weighted by atomic mass is 79.9. The summed E-state index contributed by atoms with van der Waals surface area (Å²) in [4.78, 5) is 24.1. The smallest absolute Gasteiger partial charge is 0.262 e. The van der Waals surface area contributed by atoms with Crippen molar-refractivity contribution in [3.63, 3.8) is 0 Å². The molecular weight excluding hydrogens is 332 g/mol. The van der Waals surface area contributed by atoms with Crippen molar-refractivity contribution in [3.8, 4) is 0 Å². The van der Waals surface area contributed by atoms with Gasteiger partial charge in [0.25, 0.3) is 5.91 Å². The van der Waals surface area contributed by atoms with Crippen LogP contribution in [0.1, 0.15) is 23.0 Å². The monoisotopic (exact) mass is 348 g/mol. The average molecular weight is 349 g/mol. The number of rotatable bonds is 7. The van der Waals surface area contributed by atoms with Gasteiger partial charge in [-0.25, -0.2) is 0 Å². The number of hydrogen-bond donors (Lipinski definition) is 2. The lowest BCUT2D eigenvalue weighted by molar-refractivity contribution is -0.122. The van der Waals surface area contributed by atoms with Gasteiger partial charge in [0.1, 0.15) is 6.04 Å². The lowest BCUT2D eigenvalue weighted by Gasteiger charge is -2.13. The quantitative estimate of drug-likeness (QED) is 0.738. The molecule has 106 valence electrons. The molecule has 0 aromatic carbocycles. The second kappa shape index (κ2) is 8.29. The van der Waals surface area contributed by atoms with E-state index < -0.39 is 6.04 Å². The molecule has 0 bridgehead atoms. The molecule has 0 fully saturated rings. The molecule has 0 aliphatic rings. The van der Waals surface area contributed by atoms with Crippen LogP contribution in [-0.4, -0.2) is 38.1 Å². The SMILES string of the molecule is COCCCNC(=O)C(C)NC(=O)c1ccc(Br)s1. The number of amides is 2. The highest BCUT2D eigenvalue weighted by molar-refractivity contribution is 9.11. The van der Waals surface area contributed by atoms with E-state index in [9.17, 15) is 9.59 Å². The molecule has 7 heteroatoms. The minimum Gasteiger partial charge on any atom is -0.385 e. The van der Waals surface area contributed by atoms with Crippen LogP contribution in [0, 0.1) is 0 Å². The maximum absolute atomic E-state index is 11.8. The van der Waals surface area contributed by atoms with E-state index in [-0.39, 0.29) is 11.8 Å². The van der Waals surface area contributed by atoms with E-state index in [1.165, 1.54) is 11.3 Å². The van der Waals surface area contributed by atoms with Crippen LogP contribution in [0.4, 0.5) is 0 Å². The largest absolute Gasteiger partial charge is 0.385 e. The van der Waals surface area contributed by atoms with E-state index in [0.717, 1.165) is 10.2 Å². The van der Waals surface area contributed by atoms with E-state index in [4.69, 9.17) is 4.74 Å². The first-order valence-electron chi connectivity index (χ1n) is 5.87. The summed E-state index contributed by atoms with van der Waals surface area (Å²) in [6.45, 7) is 2.80. The number of hydrogen-bond acceptors (Lipinski definition) is 4. The number of ether oxygens (including phenoxy) is 1. The highest BCUT2D eigenvalue weighted by Gasteiger charge is 2.17. The Morgan fingerprint density at radius 2 is 2.21 bits per heavy atom.